The van der Waals surface area contributed by atoms with Crippen molar-refractivity contribution in [3.05, 3.63) is 68.0 Å². The van der Waals surface area contributed by atoms with Gasteiger partial charge in [-0.25, -0.2) is 0 Å². The van der Waals surface area contributed by atoms with Crippen LogP contribution < -0.4 is 11.3 Å². The van der Waals surface area contributed by atoms with Gasteiger partial charge in [0, 0.05) is 10.2 Å². The van der Waals surface area contributed by atoms with Crippen molar-refractivity contribution in [3.8, 4) is 0 Å². The molecule has 98 valence electrons. The predicted octanol–water partition coefficient (Wildman–Crippen LogP) is 2.60. The lowest BCUT2D eigenvalue weighted by atomic mass is 10.2. The number of nitrogens with two attached hydrogens (primary N) is 1. The van der Waals surface area contributed by atoms with E-state index in [1.807, 2.05) is 37.3 Å². The first-order chi connectivity index (χ1) is 8.99. The molecule has 5 heteroatoms. The van der Waals surface area contributed by atoms with E-state index in [1.54, 1.807) is 10.6 Å². The molecule has 0 radical (unpaired) electrons. The van der Waals surface area contributed by atoms with Gasteiger partial charge in [-0.2, -0.15) is 0 Å². The van der Waals surface area contributed by atoms with Gasteiger partial charge < -0.3 is 10.3 Å². The Labute approximate surface area is 125 Å². The van der Waals surface area contributed by atoms with Gasteiger partial charge in [-0.1, -0.05) is 40.3 Å². The van der Waals surface area contributed by atoms with Crippen molar-refractivity contribution in [3.63, 3.8) is 0 Å². The summed E-state index contributed by atoms with van der Waals surface area (Å²) in [6, 6.07) is 11.4. The highest BCUT2D eigenvalue weighted by Gasteiger charge is 2.09. The van der Waals surface area contributed by atoms with E-state index < -0.39 is 0 Å². The highest BCUT2D eigenvalue weighted by molar-refractivity contribution is 9.10. The van der Waals surface area contributed by atoms with Crippen LogP contribution in [0.1, 0.15) is 16.8 Å². The average Bonchev–Trinajstić information content (AvgIpc) is 2.34. The fourth-order valence-electron chi connectivity index (χ4n) is 1.87. The number of halogens is 1. The molecule has 0 unspecified atom stereocenters. The number of hydrogen-bond donors (Lipinski definition) is 1. The Balaban J connectivity index is 2.48. The standard InChI is InChI=1S/C14H13BrN2OS/c1-9-5-6-12(13(16)19)14(18)17(9)8-10-3-2-4-11(15)7-10/h2-7H,8H2,1H3,(H2,16,19). The van der Waals surface area contributed by atoms with Crippen molar-refractivity contribution < 1.29 is 0 Å². The maximum atomic E-state index is 12.3. The molecule has 0 atom stereocenters. The molecule has 19 heavy (non-hydrogen) atoms. The van der Waals surface area contributed by atoms with Gasteiger partial charge in [0.25, 0.3) is 5.56 Å². The smallest absolute Gasteiger partial charge is 0.261 e. The molecule has 0 saturated carbocycles. The molecule has 0 amide bonds. The maximum Gasteiger partial charge on any atom is 0.261 e. The third-order valence-corrected chi connectivity index (χ3v) is 3.60. The Morgan fingerprint density at radius 1 is 1.37 bits per heavy atom. The lowest BCUT2D eigenvalue weighted by molar-refractivity contribution is 0.728. The van der Waals surface area contributed by atoms with Crippen LogP contribution in [-0.2, 0) is 6.54 Å². The first-order valence-corrected chi connectivity index (χ1v) is 6.94. The minimum absolute atomic E-state index is 0.132. The number of nitrogens with zero attached hydrogens (tertiary/aromatic N) is 1. The Morgan fingerprint density at radius 2 is 2.11 bits per heavy atom. The monoisotopic (exact) mass is 336 g/mol. The molecule has 1 aromatic carbocycles. The van der Waals surface area contributed by atoms with Crippen molar-refractivity contribution in [2.45, 2.75) is 13.5 Å². The van der Waals surface area contributed by atoms with Crippen molar-refractivity contribution in [1.82, 2.24) is 4.57 Å². The molecule has 0 spiro atoms. The predicted molar refractivity (Wildman–Crippen MR) is 84.6 cm³/mol. The van der Waals surface area contributed by atoms with Gasteiger partial charge >= 0.3 is 0 Å². The quantitative estimate of drug-likeness (QED) is 0.876. The molecule has 0 aliphatic rings. The third-order valence-electron chi connectivity index (χ3n) is 2.89. The normalized spacial score (nSPS) is 10.4. The maximum absolute atomic E-state index is 12.3. The number of benzene rings is 1. The van der Waals surface area contributed by atoms with Crippen LogP contribution in [0.2, 0.25) is 0 Å². The van der Waals surface area contributed by atoms with Crippen LogP contribution in [0.25, 0.3) is 0 Å². The Morgan fingerprint density at radius 3 is 2.74 bits per heavy atom. The summed E-state index contributed by atoms with van der Waals surface area (Å²) in [6.07, 6.45) is 0. The van der Waals surface area contributed by atoms with Crippen LogP contribution in [0.4, 0.5) is 0 Å². The van der Waals surface area contributed by atoms with Gasteiger partial charge in [0.05, 0.1) is 12.1 Å². The topological polar surface area (TPSA) is 48.0 Å². The molecule has 1 aromatic heterocycles. The molecule has 1 heterocycles. The zero-order valence-electron chi connectivity index (χ0n) is 10.4. The summed E-state index contributed by atoms with van der Waals surface area (Å²) in [5.41, 5.74) is 7.72. The molecule has 2 N–H and O–H groups in total. The van der Waals surface area contributed by atoms with Gasteiger partial charge in [0.2, 0.25) is 0 Å². The number of thiocarbonyl (C=S) groups is 1. The minimum Gasteiger partial charge on any atom is -0.389 e. The Kier molecular flexibility index (Phi) is 4.17. The SMILES string of the molecule is Cc1ccc(C(N)=S)c(=O)n1Cc1cccc(Br)c1. The molecular formula is C14H13BrN2OS. The van der Waals surface area contributed by atoms with E-state index in [9.17, 15) is 4.79 Å². The van der Waals surface area contributed by atoms with Gasteiger partial charge in [-0.15, -0.1) is 0 Å². The number of hydrogen-bond acceptors (Lipinski definition) is 2. The summed E-state index contributed by atoms with van der Waals surface area (Å²) in [6.45, 7) is 2.39. The van der Waals surface area contributed by atoms with Crippen molar-refractivity contribution >= 4 is 33.1 Å². The fraction of sp³-hybridized carbons (Fsp3) is 0.143. The Hall–Kier alpha value is -1.46. The van der Waals surface area contributed by atoms with E-state index in [-0.39, 0.29) is 10.5 Å². The summed E-state index contributed by atoms with van der Waals surface area (Å²) < 4.78 is 2.66. The van der Waals surface area contributed by atoms with Gasteiger partial charge in [-0.05, 0) is 36.8 Å². The van der Waals surface area contributed by atoms with E-state index >= 15 is 0 Å². The van der Waals surface area contributed by atoms with Gasteiger partial charge in [0.1, 0.15) is 4.99 Å². The van der Waals surface area contributed by atoms with Crippen LogP contribution in [0.15, 0.2) is 45.7 Å². The van der Waals surface area contributed by atoms with Crippen molar-refractivity contribution in [1.29, 1.82) is 0 Å². The minimum atomic E-state index is -0.146. The summed E-state index contributed by atoms with van der Waals surface area (Å²) in [4.78, 5) is 12.4. The second-order valence-electron chi connectivity index (χ2n) is 4.27. The largest absolute Gasteiger partial charge is 0.389 e. The molecule has 0 bridgehead atoms. The molecule has 2 aromatic rings. The number of pyridine rings is 1. The molecule has 3 nitrogen and oxygen atoms in total. The van der Waals surface area contributed by atoms with Crippen molar-refractivity contribution in [2.75, 3.05) is 0 Å². The average molecular weight is 337 g/mol. The second kappa shape index (κ2) is 5.67. The van der Waals surface area contributed by atoms with Gasteiger partial charge in [0.15, 0.2) is 0 Å². The molecular weight excluding hydrogens is 324 g/mol. The van der Waals surface area contributed by atoms with Crippen molar-refractivity contribution in [2.24, 2.45) is 5.73 Å². The number of aromatic nitrogens is 1. The van der Waals surface area contributed by atoms with Crippen LogP contribution in [0.5, 0.6) is 0 Å². The summed E-state index contributed by atoms with van der Waals surface area (Å²) >= 11 is 8.32. The van der Waals surface area contributed by atoms with E-state index in [0.717, 1.165) is 15.7 Å². The Bertz CT molecular complexity index is 694. The molecule has 0 aliphatic heterocycles. The summed E-state index contributed by atoms with van der Waals surface area (Å²) in [7, 11) is 0. The molecule has 0 fully saturated rings. The zero-order valence-corrected chi connectivity index (χ0v) is 12.8. The van der Waals surface area contributed by atoms with Gasteiger partial charge in [-0.3, -0.25) is 4.79 Å². The molecule has 2 rings (SSSR count). The number of aryl methyl sites for hydroxylation is 1. The third kappa shape index (κ3) is 3.11. The lowest BCUT2D eigenvalue weighted by Gasteiger charge is -2.12. The zero-order chi connectivity index (χ0) is 14.0. The molecule has 0 saturated heterocycles. The van der Waals surface area contributed by atoms with E-state index in [2.05, 4.69) is 15.9 Å². The highest BCUT2D eigenvalue weighted by atomic mass is 79.9. The summed E-state index contributed by atoms with van der Waals surface area (Å²) in [5, 5.41) is 0. The first-order valence-electron chi connectivity index (χ1n) is 5.73. The van der Waals surface area contributed by atoms with Crippen LogP contribution >= 0.6 is 28.1 Å². The second-order valence-corrected chi connectivity index (χ2v) is 5.63. The van der Waals surface area contributed by atoms with E-state index in [1.165, 1.54) is 0 Å². The van der Waals surface area contributed by atoms with Crippen LogP contribution in [0.3, 0.4) is 0 Å². The van der Waals surface area contributed by atoms with E-state index in [0.29, 0.717) is 12.1 Å². The molecule has 0 aliphatic carbocycles. The lowest BCUT2D eigenvalue weighted by Crippen LogP contribution is -2.30. The summed E-state index contributed by atoms with van der Waals surface area (Å²) in [5.74, 6) is 0. The highest BCUT2D eigenvalue weighted by Crippen LogP contribution is 2.13. The van der Waals surface area contributed by atoms with Crippen LogP contribution in [-0.4, -0.2) is 9.56 Å². The fourth-order valence-corrected chi connectivity index (χ4v) is 2.47. The number of rotatable bonds is 3. The van der Waals surface area contributed by atoms with Crippen LogP contribution in [0, 0.1) is 6.92 Å². The first kappa shape index (κ1) is 14.0. The van der Waals surface area contributed by atoms with E-state index in [4.69, 9.17) is 18.0 Å².